The van der Waals surface area contributed by atoms with Crippen molar-refractivity contribution in [2.75, 3.05) is 23.3 Å². The number of aryl methyl sites for hydroxylation is 1. The Bertz CT molecular complexity index is 1540. The van der Waals surface area contributed by atoms with E-state index >= 15 is 0 Å². The van der Waals surface area contributed by atoms with Crippen LogP contribution >= 0.6 is 12.2 Å². The number of hydrogen-bond donors (Lipinski definition) is 3. The van der Waals surface area contributed by atoms with Gasteiger partial charge in [0.25, 0.3) is 11.6 Å². The molecule has 0 bridgehead atoms. The molecule has 37 heavy (non-hydrogen) atoms. The van der Waals surface area contributed by atoms with Crippen LogP contribution in [0.2, 0.25) is 0 Å². The van der Waals surface area contributed by atoms with E-state index in [1.54, 1.807) is 24.3 Å². The number of aromatic nitrogens is 1. The van der Waals surface area contributed by atoms with Crippen LogP contribution in [0.5, 0.6) is 5.75 Å². The zero-order chi connectivity index (χ0) is 26.1. The molecule has 1 aromatic heterocycles. The zero-order valence-corrected chi connectivity index (χ0v) is 20.7. The molecule has 0 aliphatic carbocycles. The SMILES string of the molecule is Cc1ccc2oc(-c3cc(NC(=S)NC(=O)c4ccc(N5CCCC5)c([N+](=O)[O-])c4)ccc3O)nc2c1. The number of carbonyl (C=O) groups is 1. The number of nitro groups is 1. The molecule has 0 spiro atoms. The molecule has 0 atom stereocenters. The number of phenols is 1. The van der Waals surface area contributed by atoms with Gasteiger partial charge in [0.1, 0.15) is 17.0 Å². The third-order valence-electron chi connectivity index (χ3n) is 6.14. The summed E-state index contributed by atoms with van der Waals surface area (Å²) < 4.78 is 5.79. The van der Waals surface area contributed by atoms with E-state index in [0.29, 0.717) is 28.0 Å². The molecule has 1 saturated heterocycles. The van der Waals surface area contributed by atoms with Crippen molar-refractivity contribution in [3.8, 4) is 17.2 Å². The number of phenolic OH excluding ortho intramolecular Hbond substituents is 1. The summed E-state index contributed by atoms with van der Waals surface area (Å²) in [4.78, 5) is 30.4. The van der Waals surface area contributed by atoms with E-state index in [2.05, 4.69) is 15.6 Å². The van der Waals surface area contributed by atoms with Crippen molar-refractivity contribution >= 4 is 51.4 Å². The van der Waals surface area contributed by atoms with Gasteiger partial charge >= 0.3 is 0 Å². The van der Waals surface area contributed by atoms with Crippen molar-refractivity contribution in [1.29, 1.82) is 0 Å². The summed E-state index contributed by atoms with van der Waals surface area (Å²) in [5.74, 6) is -0.377. The third kappa shape index (κ3) is 5.07. The summed E-state index contributed by atoms with van der Waals surface area (Å²) >= 11 is 5.28. The Hall–Kier alpha value is -4.51. The Morgan fingerprint density at radius 2 is 1.92 bits per heavy atom. The number of benzene rings is 3. The maximum Gasteiger partial charge on any atom is 0.293 e. The fourth-order valence-corrected chi connectivity index (χ4v) is 4.52. The highest BCUT2D eigenvalue weighted by Crippen LogP contribution is 2.34. The van der Waals surface area contributed by atoms with Crippen LogP contribution in [0.25, 0.3) is 22.6 Å². The molecule has 1 aliphatic rings. The van der Waals surface area contributed by atoms with Gasteiger partial charge in [-0.1, -0.05) is 6.07 Å². The summed E-state index contributed by atoms with van der Waals surface area (Å²) in [7, 11) is 0. The van der Waals surface area contributed by atoms with Gasteiger partial charge in [-0.25, -0.2) is 4.98 Å². The van der Waals surface area contributed by atoms with Crippen LogP contribution in [0.3, 0.4) is 0 Å². The smallest absolute Gasteiger partial charge is 0.293 e. The highest BCUT2D eigenvalue weighted by Gasteiger charge is 2.24. The third-order valence-corrected chi connectivity index (χ3v) is 6.34. The molecule has 11 heteroatoms. The zero-order valence-electron chi connectivity index (χ0n) is 19.9. The number of carbonyl (C=O) groups excluding carboxylic acids is 1. The monoisotopic (exact) mass is 517 g/mol. The molecule has 1 amide bonds. The minimum absolute atomic E-state index is 0.0129. The van der Waals surface area contributed by atoms with Gasteiger partial charge in [0.05, 0.1) is 10.5 Å². The van der Waals surface area contributed by atoms with E-state index in [-0.39, 0.29) is 28.0 Å². The first-order chi connectivity index (χ1) is 17.8. The Balaban J connectivity index is 1.31. The Kier molecular flexibility index (Phi) is 6.45. The van der Waals surface area contributed by atoms with Crippen molar-refractivity contribution in [2.24, 2.45) is 0 Å². The molecule has 3 aromatic carbocycles. The molecular weight excluding hydrogens is 494 g/mol. The topological polar surface area (TPSA) is 134 Å². The number of nitro benzene ring substituents is 1. The Morgan fingerprint density at radius 1 is 1.14 bits per heavy atom. The first-order valence-corrected chi connectivity index (χ1v) is 12.1. The van der Waals surface area contributed by atoms with Crippen molar-refractivity contribution in [3.05, 3.63) is 75.8 Å². The van der Waals surface area contributed by atoms with E-state index in [1.807, 2.05) is 30.0 Å². The van der Waals surface area contributed by atoms with Crippen LogP contribution in [0, 0.1) is 17.0 Å². The predicted octanol–water partition coefficient (Wildman–Crippen LogP) is 5.14. The van der Waals surface area contributed by atoms with Gasteiger partial charge in [-0.05, 0) is 80.0 Å². The Labute approximate surface area is 217 Å². The number of fused-ring (bicyclic) bond motifs is 1. The lowest BCUT2D eigenvalue weighted by atomic mass is 10.1. The van der Waals surface area contributed by atoms with Gasteiger partial charge in [0.15, 0.2) is 10.7 Å². The summed E-state index contributed by atoms with van der Waals surface area (Å²) in [6.07, 6.45) is 1.95. The summed E-state index contributed by atoms with van der Waals surface area (Å²) in [6.45, 7) is 3.45. The summed E-state index contributed by atoms with van der Waals surface area (Å²) in [5, 5.41) is 27.4. The maximum atomic E-state index is 12.8. The summed E-state index contributed by atoms with van der Waals surface area (Å²) in [6, 6.07) is 14.7. The lowest BCUT2D eigenvalue weighted by Gasteiger charge is -2.18. The highest BCUT2D eigenvalue weighted by molar-refractivity contribution is 7.80. The molecule has 0 unspecified atom stereocenters. The molecule has 4 aromatic rings. The molecule has 2 heterocycles. The lowest BCUT2D eigenvalue weighted by molar-refractivity contribution is -0.384. The number of anilines is 2. The number of nitrogens with one attached hydrogen (secondary N) is 2. The Morgan fingerprint density at radius 3 is 2.68 bits per heavy atom. The van der Waals surface area contributed by atoms with Crippen LogP contribution in [-0.2, 0) is 0 Å². The highest BCUT2D eigenvalue weighted by atomic mass is 32.1. The molecule has 10 nitrogen and oxygen atoms in total. The number of nitrogens with zero attached hydrogens (tertiary/aromatic N) is 3. The average Bonchev–Trinajstić information content (AvgIpc) is 3.54. The van der Waals surface area contributed by atoms with Crippen molar-refractivity contribution in [3.63, 3.8) is 0 Å². The summed E-state index contributed by atoms with van der Waals surface area (Å²) in [5.41, 5.74) is 3.62. The standard InChI is InChI=1S/C26H23N5O5S/c1-15-4-9-23-19(12-15)28-25(36-23)18-14-17(6-8-22(18)32)27-26(37)29-24(33)16-5-7-20(21(13-16)31(34)35)30-10-2-3-11-30/h4-9,12-14,32H,2-3,10-11H2,1H3,(H2,27,29,33,37). The van der Waals surface area contributed by atoms with E-state index < -0.39 is 10.8 Å². The molecule has 1 fully saturated rings. The lowest BCUT2D eigenvalue weighted by Crippen LogP contribution is -2.34. The largest absolute Gasteiger partial charge is 0.507 e. The number of amides is 1. The van der Waals surface area contributed by atoms with Crippen LogP contribution < -0.4 is 15.5 Å². The minimum atomic E-state index is -0.582. The quantitative estimate of drug-likeness (QED) is 0.142. The van der Waals surface area contributed by atoms with E-state index in [9.17, 15) is 20.0 Å². The number of oxazole rings is 1. The van der Waals surface area contributed by atoms with Crippen LogP contribution in [0.4, 0.5) is 17.1 Å². The van der Waals surface area contributed by atoms with Crippen LogP contribution in [0.15, 0.2) is 59.0 Å². The minimum Gasteiger partial charge on any atom is -0.507 e. The molecule has 0 radical (unpaired) electrons. The molecule has 1 aliphatic heterocycles. The van der Waals surface area contributed by atoms with E-state index in [1.165, 1.54) is 12.1 Å². The second kappa shape index (κ2) is 9.86. The van der Waals surface area contributed by atoms with Gasteiger partial charge < -0.3 is 19.7 Å². The molecule has 3 N–H and O–H groups in total. The average molecular weight is 518 g/mol. The number of rotatable bonds is 5. The van der Waals surface area contributed by atoms with Gasteiger partial charge in [-0.3, -0.25) is 20.2 Å². The van der Waals surface area contributed by atoms with Crippen molar-refractivity contribution in [2.45, 2.75) is 19.8 Å². The number of thiocarbonyl (C=S) groups is 1. The fraction of sp³-hybridized carbons (Fsp3) is 0.192. The van der Waals surface area contributed by atoms with E-state index in [0.717, 1.165) is 31.5 Å². The predicted molar refractivity (Wildman–Crippen MR) is 144 cm³/mol. The van der Waals surface area contributed by atoms with E-state index in [4.69, 9.17) is 16.6 Å². The molecular formula is C26H23N5O5S. The second-order valence-electron chi connectivity index (χ2n) is 8.79. The van der Waals surface area contributed by atoms with Crippen LogP contribution in [-0.4, -0.2) is 39.1 Å². The molecule has 0 saturated carbocycles. The van der Waals surface area contributed by atoms with Gasteiger partial charge in [0, 0.05) is 30.4 Å². The number of hydrogen-bond acceptors (Lipinski definition) is 8. The first-order valence-electron chi connectivity index (χ1n) is 11.6. The normalized spacial score (nSPS) is 13.1. The molecule has 5 rings (SSSR count). The van der Waals surface area contributed by atoms with Gasteiger partial charge in [-0.15, -0.1) is 0 Å². The van der Waals surface area contributed by atoms with Gasteiger partial charge in [-0.2, -0.15) is 0 Å². The molecule has 188 valence electrons. The van der Waals surface area contributed by atoms with Gasteiger partial charge in [0.2, 0.25) is 5.89 Å². The maximum absolute atomic E-state index is 12.8. The second-order valence-corrected chi connectivity index (χ2v) is 9.19. The van der Waals surface area contributed by atoms with Crippen molar-refractivity contribution < 1.29 is 19.2 Å². The number of aromatic hydroxyl groups is 1. The van der Waals surface area contributed by atoms with Crippen molar-refractivity contribution in [1.82, 2.24) is 10.3 Å². The van der Waals surface area contributed by atoms with Crippen LogP contribution in [0.1, 0.15) is 28.8 Å². The fourth-order valence-electron chi connectivity index (χ4n) is 4.31. The first kappa shape index (κ1) is 24.2.